The number of hydrogen-bond donors (Lipinski definition) is 3. The minimum atomic E-state index is -0.916. The van der Waals surface area contributed by atoms with Gasteiger partial charge in [-0.05, 0) is 73.6 Å². The number of para-hydroxylation sites is 1. The van der Waals surface area contributed by atoms with E-state index in [-0.39, 0.29) is 31.6 Å². The molecule has 2 aromatic rings. The molecular weight excluding hydrogens is 510 g/mol. The van der Waals surface area contributed by atoms with Gasteiger partial charge in [0.05, 0.1) is 24.5 Å². The standard InChI is InChI=1S/C32H41NO7/c1-3-8-21(16-24-12-13-25(18-34)40-24)11-14-28(36)29-22(20-39-23-9-6-5-7-10-23)17-26-30(27(29)19-35)32(38)33(15-4-2)31(26)37/h5-7,9-10,12-13,16,26-28,30,34-36H,3-4,8,11,14-15,17-20H2,1-2H3/b21-16+/t26-,27+,28-,30-/m1/s1. The lowest BCUT2D eigenvalue weighted by molar-refractivity contribution is -0.140. The first kappa shape index (κ1) is 29.8. The van der Waals surface area contributed by atoms with E-state index in [4.69, 9.17) is 9.15 Å². The number of rotatable bonds is 14. The van der Waals surface area contributed by atoms with Gasteiger partial charge in [0.25, 0.3) is 0 Å². The second-order valence-corrected chi connectivity index (χ2v) is 10.7. The number of aliphatic hydroxyl groups is 3. The highest BCUT2D eigenvalue weighted by Gasteiger charge is 2.54. The summed E-state index contributed by atoms with van der Waals surface area (Å²) in [7, 11) is 0. The third-order valence-corrected chi connectivity index (χ3v) is 7.93. The lowest BCUT2D eigenvalue weighted by atomic mass is 9.68. The van der Waals surface area contributed by atoms with Crippen LogP contribution in [-0.4, -0.2) is 57.9 Å². The summed E-state index contributed by atoms with van der Waals surface area (Å²) in [5.74, 6) is -0.540. The number of carbonyl (C=O) groups excluding carboxylic acids is 2. The SMILES string of the molecule is CCC/C(=C\c1ccc(CO)o1)CC[C@@H](O)C1=C(COc2ccccc2)C[C@H]2C(=O)N(CCC)C(=O)[C@H]2[C@H]1CO. The number of furan rings is 1. The average molecular weight is 552 g/mol. The third-order valence-electron chi connectivity index (χ3n) is 7.93. The van der Waals surface area contributed by atoms with Crippen molar-refractivity contribution in [3.8, 4) is 5.75 Å². The molecule has 1 saturated heterocycles. The number of aliphatic hydroxyl groups excluding tert-OH is 3. The Labute approximate surface area is 235 Å². The molecule has 1 aromatic carbocycles. The fourth-order valence-electron chi connectivity index (χ4n) is 6.11. The van der Waals surface area contributed by atoms with E-state index in [1.54, 1.807) is 6.07 Å². The number of likely N-dealkylation sites (tertiary alicyclic amines) is 1. The van der Waals surface area contributed by atoms with E-state index in [2.05, 4.69) is 6.92 Å². The second kappa shape index (κ2) is 13.9. The van der Waals surface area contributed by atoms with Crippen LogP contribution >= 0.6 is 0 Å². The molecule has 0 radical (unpaired) electrons. The molecule has 0 bridgehead atoms. The highest BCUT2D eigenvalue weighted by atomic mass is 16.5. The van der Waals surface area contributed by atoms with Crippen LogP contribution in [0.2, 0.25) is 0 Å². The first-order valence-electron chi connectivity index (χ1n) is 14.3. The van der Waals surface area contributed by atoms with Crippen molar-refractivity contribution in [2.75, 3.05) is 19.8 Å². The summed E-state index contributed by atoms with van der Waals surface area (Å²) in [6, 6.07) is 12.9. The van der Waals surface area contributed by atoms with Crippen molar-refractivity contribution in [3.05, 3.63) is 70.7 Å². The molecule has 1 aromatic heterocycles. The molecule has 0 unspecified atom stereocenters. The Morgan fingerprint density at radius 3 is 2.50 bits per heavy atom. The average Bonchev–Trinajstić information content (AvgIpc) is 3.52. The van der Waals surface area contributed by atoms with Crippen molar-refractivity contribution in [2.24, 2.45) is 17.8 Å². The molecule has 40 heavy (non-hydrogen) atoms. The van der Waals surface area contributed by atoms with E-state index in [1.807, 2.05) is 49.4 Å². The predicted molar refractivity (Wildman–Crippen MR) is 151 cm³/mol. The maximum Gasteiger partial charge on any atom is 0.233 e. The van der Waals surface area contributed by atoms with Gasteiger partial charge in [-0.25, -0.2) is 0 Å². The van der Waals surface area contributed by atoms with Crippen molar-refractivity contribution < 1.29 is 34.1 Å². The molecule has 0 saturated carbocycles. The van der Waals surface area contributed by atoms with Crippen LogP contribution in [0.1, 0.15) is 63.9 Å². The summed E-state index contributed by atoms with van der Waals surface area (Å²) in [4.78, 5) is 27.9. The molecule has 1 aliphatic heterocycles. The van der Waals surface area contributed by atoms with Gasteiger partial charge in [-0.1, -0.05) is 44.0 Å². The molecule has 216 valence electrons. The van der Waals surface area contributed by atoms with Crippen molar-refractivity contribution in [3.63, 3.8) is 0 Å². The normalized spacial score (nSPS) is 22.2. The monoisotopic (exact) mass is 551 g/mol. The van der Waals surface area contributed by atoms with Gasteiger partial charge in [-0.3, -0.25) is 14.5 Å². The van der Waals surface area contributed by atoms with Gasteiger partial charge >= 0.3 is 0 Å². The Morgan fingerprint density at radius 2 is 1.85 bits per heavy atom. The van der Waals surface area contributed by atoms with Gasteiger partial charge in [0, 0.05) is 12.5 Å². The van der Waals surface area contributed by atoms with Crippen molar-refractivity contribution in [2.45, 2.75) is 65.1 Å². The zero-order valence-electron chi connectivity index (χ0n) is 23.4. The van der Waals surface area contributed by atoms with Crippen LogP contribution in [0.25, 0.3) is 6.08 Å². The van der Waals surface area contributed by atoms with Gasteiger partial charge in [0.15, 0.2) is 0 Å². The molecule has 2 aliphatic rings. The minimum absolute atomic E-state index is 0.166. The first-order valence-corrected chi connectivity index (χ1v) is 14.3. The molecule has 1 aliphatic carbocycles. The highest BCUT2D eigenvalue weighted by molar-refractivity contribution is 6.05. The number of ether oxygens (including phenoxy) is 1. The summed E-state index contributed by atoms with van der Waals surface area (Å²) in [5, 5.41) is 31.5. The Kier molecular flexibility index (Phi) is 10.4. The van der Waals surface area contributed by atoms with Crippen LogP contribution in [0.3, 0.4) is 0 Å². The summed E-state index contributed by atoms with van der Waals surface area (Å²) < 4.78 is 11.7. The molecule has 3 N–H and O–H groups in total. The van der Waals surface area contributed by atoms with Crippen molar-refractivity contribution in [1.29, 1.82) is 0 Å². The van der Waals surface area contributed by atoms with Crippen LogP contribution in [0, 0.1) is 17.8 Å². The molecule has 0 spiro atoms. The fraction of sp³-hybridized carbons (Fsp3) is 0.500. The van der Waals surface area contributed by atoms with Gasteiger partial charge in [-0.15, -0.1) is 0 Å². The summed E-state index contributed by atoms with van der Waals surface area (Å²) in [6.07, 6.45) is 4.72. The lowest BCUT2D eigenvalue weighted by Gasteiger charge is -2.36. The number of fused-ring (bicyclic) bond motifs is 1. The summed E-state index contributed by atoms with van der Waals surface area (Å²) >= 11 is 0. The Balaban J connectivity index is 1.61. The molecule has 8 nitrogen and oxygen atoms in total. The predicted octanol–water partition coefficient (Wildman–Crippen LogP) is 4.50. The van der Waals surface area contributed by atoms with Gasteiger partial charge in [0.1, 0.15) is 30.5 Å². The smallest absolute Gasteiger partial charge is 0.233 e. The van der Waals surface area contributed by atoms with Crippen molar-refractivity contribution in [1.82, 2.24) is 4.90 Å². The van der Waals surface area contributed by atoms with E-state index in [1.165, 1.54) is 4.90 Å². The minimum Gasteiger partial charge on any atom is -0.489 e. The van der Waals surface area contributed by atoms with Crippen LogP contribution < -0.4 is 4.74 Å². The van der Waals surface area contributed by atoms with E-state index in [0.29, 0.717) is 55.1 Å². The maximum atomic E-state index is 13.4. The molecule has 4 atom stereocenters. The molecule has 2 amide bonds. The number of hydrogen-bond acceptors (Lipinski definition) is 7. The number of amides is 2. The lowest BCUT2D eigenvalue weighted by Crippen LogP contribution is -2.40. The number of allylic oxidation sites excluding steroid dienone is 1. The number of nitrogens with zero attached hydrogens (tertiary/aromatic N) is 1. The van der Waals surface area contributed by atoms with E-state index in [0.717, 1.165) is 24.0 Å². The summed E-state index contributed by atoms with van der Waals surface area (Å²) in [5.41, 5.74) is 2.49. The zero-order valence-corrected chi connectivity index (χ0v) is 23.4. The van der Waals surface area contributed by atoms with E-state index in [9.17, 15) is 24.9 Å². The first-order chi connectivity index (χ1) is 19.4. The van der Waals surface area contributed by atoms with Gasteiger partial charge in [0.2, 0.25) is 11.8 Å². The van der Waals surface area contributed by atoms with E-state index < -0.39 is 23.9 Å². The third kappa shape index (κ3) is 6.57. The molecule has 4 rings (SSSR count). The number of carbonyl (C=O) groups is 2. The van der Waals surface area contributed by atoms with Gasteiger partial charge in [-0.2, -0.15) is 0 Å². The highest BCUT2D eigenvalue weighted by Crippen LogP contribution is 2.46. The second-order valence-electron chi connectivity index (χ2n) is 10.7. The molecule has 1 fully saturated rings. The molecular formula is C32H41NO7. The van der Waals surface area contributed by atoms with Crippen molar-refractivity contribution >= 4 is 17.9 Å². The molecule has 8 heteroatoms. The topological polar surface area (TPSA) is 120 Å². The van der Waals surface area contributed by atoms with E-state index >= 15 is 0 Å². The summed E-state index contributed by atoms with van der Waals surface area (Å²) in [6.45, 7) is 4.02. The van der Waals surface area contributed by atoms with Gasteiger partial charge < -0.3 is 24.5 Å². The Hall–Kier alpha value is -3.20. The van der Waals surface area contributed by atoms with Crippen LogP contribution in [0.5, 0.6) is 5.75 Å². The van der Waals surface area contributed by atoms with Crippen LogP contribution in [0.15, 0.2) is 63.6 Å². The number of imide groups is 1. The largest absolute Gasteiger partial charge is 0.489 e. The maximum absolute atomic E-state index is 13.4. The molecule has 2 heterocycles. The Bertz CT molecular complexity index is 1210. The quantitative estimate of drug-likeness (QED) is 0.234. The fourth-order valence-corrected chi connectivity index (χ4v) is 6.11. The zero-order chi connectivity index (χ0) is 28.6. The Morgan fingerprint density at radius 1 is 1.07 bits per heavy atom. The van der Waals surface area contributed by atoms with Crippen LogP contribution in [0.4, 0.5) is 0 Å². The number of benzene rings is 1. The van der Waals surface area contributed by atoms with Crippen LogP contribution in [-0.2, 0) is 16.2 Å².